The Morgan fingerprint density at radius 1 is 1.25 bits per heavy atom. The summed E-state index contributed by atoms with van der Waals surface area (Å²) in [5, 5.41) is 1.23. The number of aryl methyl sites for hydroxylation is 1. The van der Waals surface area contributed by atoms with Crippen LogP contribution in [0.4, 0.5) is 0 Å². The van der Waals surface area contributed by atoms with Gasteiger partial charge in [0.25, 0.3) is 0 Å². The summed E-state index contributed by atoms with van der Waals surface area (Å²) in [7, 11) is 0. The summed E-state index contributed by atoms with van der Waals surface area (Å²) in [4.78, 5) is 11.0. The van der Waals surface area contributed by atoms with E-state index in [1.165, 1.54) is 10.9 Å². The normalized spacial score (nSPS) is 9.75. The molecule has 0 aliphatic rings. The minimum Gasteiger partial charge on any atom is -0.340 e. The van der Waals surface area contributed by atoms with Crippen LogP contribution in [0.2, 0.25) is 0 Å². The van der Waals surface area contributed by atoms with Crippen LogP contribution in [0, 0.1) is 6.92 Å². The molecular formula is C14H19NO. The fraction of sp³-hybridized carbons (Fsp3) is 0.357. The van der Waals surface area contributed by atoms with Gasteiger partial charge in [-0.05, 0) is 31.5 Å². The molecule has 0 radical (unpaired) electrons. The fourth-order valence-corrected chi connectivity index (χ4v) is 1.76. The van der Waals surface area contributed by atoms with Crippen molar-refractivity contribution >= 4 is 16.7 Å². The lowest BCUT2D eigenvalue weighted by Crippen LogP contribution is -2.04. The minimum atomic E-state index is 0.184. The van der Waals surface area contributed by atoms with Gasteiger partial charge in [-0.3, -0.25) is 4.79 Å². The summed E-state index contributed by atoms with van der Waals surface area (Å²) < 4.78 is 1.99. The molecule has 0 saturated carbocycles. The summed E-state index contributed by atoms with van der Waals surface area (Å²) in [6.07, 6.45) is 1.97. The van der Waals surface area contributed by atoms with Gasteiger partial charge in [0.05, 0.1) is 6.54 Å². The van der Waals surface area contributed by atoms with E-state index in [-0.39, 0.29) is 5.78 Å². The third-order valence-corrected chi connectivity index (χ3v) is 2.42. The quantitative estimate of drug-likeness (QED) is 0.753. The van der Waals surface area contributed by atoms with Crippen molar-refractivity contribution in [1.82, 2.24) is 4.57 Å². The molecule has 1 heterocycles. The summed E-state index contributed by atoms with van der Waals surface area (Å²) in [6, 6.07) is 8.22. The van der Waals surface area contributed by atoms with Crippen LogP contribution in [-0.2, 0) is 11.3 Å². The second-order valence-electron chi connectivity index (χ2n) is 3.65. The van der Waals surface area contributed by atoms with Crippen LogP contribution >= 0.6 is 0 Å². The van der Waals surface area contributed by atoms with Gasteiger partial charge in [0.2, 0.25) is 0 Å². The average Bonchev–Trinajstić information content (AvgIpc) is 2.65. The molecule has 86 valence electrons. The lowest BCUT2D eigenvalue weighted by Gasteiger charge is -2.02. The van der Waals surface area contributed by atoms with E-state index < -0.39 is 0 Å². The zero-order chi connectivity index (χ0) is 12.1. The second-order valence-corrected chi connectivity index (χ2v) is 3.65. The molecule has 0 amide bonds. The molecule has 2 rings (SSSR count). The van der Waals surface area contributed by atoms with E-state index in [0.29, 0.717) is 6.54 Å². The Morgan fingerprint density at radius 3 is 2.56 bits per heavy atom. The first-order chi connectivity index (χ1) is 7.68. The first kappa shape index (κ1) is 12.5. The van der Waals surface area contributed by atoms with Gasteiger partial charge in [-0.1, -0.05) is 26.0 Å². The molecule has 0 bridgehead atoms. The maximum absolute atomic E-state index is 11.0. The molecule has 0 aliphatic carbocycles. The molecule has 2 heteroatoms. The zero-order valence-corrected chi connectivity index (χ0v) is 10.4. The molecule has 2 nitrogen and oxygen atoms in total. The number of ketones is 1. The van der Waals surface area contributed by atoms with Crippen LogP contribution in [0.1, 0.15) is 26.3 Å². The third-order valence-electron chi connectivity index (χ3n) is 2.42. The Balaban J connectivity index is 0.000000606. The number of aromatic nitrogens is 1. The van der Waals surface area contributed by atoms with Gasteiger partial charge in [0, 0.05) is 17.1 Å². The molecule has 1 aromatic heterocycles. The van der Waals surface area contributed by atoms with Crippen molar-refractivity contribution in [2.45, 2.75) is 34.2 Å². The molecule has 16 heavy (non-hydrogen) atoms. The molecule has 0 N–H and O–H groups in total. The second kappa shape index (κ2) is 5.50. The van der Waals surface area contributed by atoms with Crippen molar-refractivity contribution in [2.75, 3.05) is 0 Å². The number of hydrogen-bond donors (Lipinski definition) is 0. The first-order valence-electron chi connectivity index (χ1n) is 5.72. The zero-order valence-electron chi connectivity index (χ0n) is 10.4. The number of carbonyl (C=O) groups excluding carboxylic acids is 1. The molecule has 0 atom stereocenters. The highest BCUT2D eigenvalue weighted by molar-refractivity contribution is 5.85. The molecule has 0 unspecified atom stereocenters. The topological polar surface area (TPSA) is 22.0 Å². The lowest BCUT2D eigenvalue weighted by atomic mass is 10.1. The van der Waals surface area contributed by atoms with E-state index in [1.54, 1.807) is 6.92 Å². The van der Waals surface area contributed by atoms with Gasteiger partial charge >= 0.3 is 0 Å². The van der Waals surface area contributed by atoms with E-state index in [0.717, 1.165) is 5.52 Å². The number of hydrogen-bond acceptors (Lipinski definition) is 1. The predicted molar refractivity (Wildman–Crippen MR) is 68.7 cm³/mol. The van der Waals surface area contributed by atoms with E-state index in [1.807, 2.05) is 36.7 Å². The van der Waals surface area contributed by atoms with Crippen LogP contribution < -0.4 is 0 Å². The number of rotatable bonds is 2. The standard InChI is InChI=1S/C12H13NO.C2H6/c1-9-4-3-5-12-11(9)6-7-13(12)8-10(2)14;1-2/h3-7H,8H2,1-2H3;1-2H3. The van der Waals surface area contributed by atoms with Crippen LogP contribution in [0.25, 0.3) is 10.9 Å². The van der Waals surface area contributed by atoms with Crippen LogP contribution in [0.5, 0.6) is 0 Å². The maximum atomic E-state index is 11.0. The maximum Gasteiger partial charge on any atom is 0.149 e. The molecule has 0 aliphatic heterocycles. The van der Waals surface area contributed by atoms with Crippen molar-refractivity contribution in [1.29, 1.82) is 0 Å². The van der Waals surface area contributed by atoms with Crippen LogP contribution in [-0.4, -0.2) is 10.4 Å². The Bertz CT molecular complexity index is 482. The van der Waals surface area contributed by atoms with Gasteiger partial charge in [-0.15, -0.1) is 0 Å². The molecule has 0 spiro atoms. The summed E-state index contributed by atoms with van der Waals surface area (Å²) in [5.74, 6) is 0.184. The number of fused-ring (bicyclic) bond motifs is 1. The van der Waals surface area contributed by atoms with Crippen molar-refractivity contribution in [3.8, 4) is 0 Å². The van der Waals surface area contributed by atoms with Gasteiger partial charge in [-0.2, -0.15) is 0 Å². The number of nitrogens with zero attached hydrogens (tertiary/aromatic N) is 1. The van der Waals surface area contributed by atoms with Gasteiger partial charge in [-0.25, -0.2) is 0 Å². The smallest absolute Gasteiger partial charge is 0.149 e. The highest BCUT2D eigenvalue weighted by Crippen LogP contribution is 2.19. The van der Waals surface area contributed by atoms with Gasteiger partial charge in [0.15, 0.2) is 0 Å². The minimum absolute atomic E-state index is 0.184. The Morgan fingerprint density at radius 2 is 1.94 bits per heavy atom. The first-order valence-corrected chi connectivity index (χ1v) is 5.72. The van der Waals surface area contributed by atoms with Gasteiger partial charge < -0.3 is 4.57 Å². The highest BCUT2D eigenvalue weighted by Gasteiger charge is 2.03. The van der Waals surface area contributed by atoms with Crippen molar-refractivity contribution in [3.63, 3.8) is 0 Å². The van der Waals surface area contributed by atoms with E-state index in [4.69, 9.17) is 0 Å². The average molecular weight is 217 g/mol. The van der Waals surface area contributed by atoms with E-state index in [2.05, 4.69) is 19.1 Å². The fourth-order valence-electron chi connectivity index (χ4n) is 1.76. The summed E-state index contributed by atoms with van der Waals surface area (Å²) >= 11 is 0. The van der Waals surface area contributed by atoms with Crippen LogP contribution in [0.15, 0.2) is 30.5 Å². The summed E-state index contributed by atoms with van der Waals surface area (Å²) in [5.41, 5.74) is 2.39. The largest absolute Gasteiger partial charge is 0.340 e. The number of Topliss-reactive ketones (excluding diaryl/α,β-unsaturated/α-hetero) is 1. The number of carbonyl (C=O) groups is 1. The molecule has 0 fully saturated rings. The molecule has 1 aromatic carbocycles. The third kappa shape index (κ3) is 2.51. The highest BCUT2D eigenvalue weighted by atomic mass is 16.1. The van der Waals surface area contributed by atoms with Gasteiger partial charge in [0.1, 0.15) is 5.78 Å². The Hall–Kier alpha value is -1.57. The van der Waals surface area contributed by atoms with E-state index in [9.17, 15) is 4.79 Å². The lowest BCUT2D eigenvalue weighted by molar-refractivity contribution is -0.117. The Labute approximate surface area is 96.9 Å². The Kier molecular flexibility index (Phi) is 4.29. The SMILES string of the molecule is CC.CC(=O)Cn1ccc2c(C)cccc21. The van der Waals surface area contributed by atoms with Crippen LogP contribution in [0.3, 0.4) is 0 Å². The van der Waals surface area contributed by atoms with Crippen molar-refractivity contribution < 1.29 is 4.79 Å². The molecule has 0 saturated heterocycles. The van der Waals surface area contributed by atoms with E-state index >= 15 is 0 Å². The monoisotopic (exact) mass is 217 g/mol. The van der Waals surface area contributed by atoms with Crippen molar-refractivity contribution in [3.05, 3.63) is 36.0 Å². The molecular weight excluding hydrogens is 198 g/mol. The molecule has 2 aromatic rings. The summed E-state index contributed by atoms with van der Waals surface area (Å²) in [6.45, 7) is 8.16. The van der Waals surface area contributed by atoms with Crippen molar-refractivity contribution in [2.24, 2.45) is 0 Å². The number of benzene rings is 1. The predicted octanol–water partition coefficient (Wildman–Crippen LogP) is 3.56.